The van der Waals surface area contributed by atoms with E-state index in [1.54, 1.807) is 36.4 Å². The van der Waals surface area contributed by atoms with Crippen molar-refractivity contribution < 1.29 is 17.9 Å². The molecule has 0 aromatic heterocycles. The molecular weight excluding hydrogens is 388 g/mol. The normalized spacial score (nSPS) is 12.3. The molecule has 2 rings (SSSR count). The molecule has 27 heavy (non-hydrogen) atoms. The predicted molar refractivity (Wildman–Crippen MR) is 109 cm³/mol. The third kappa shape index (κ3) is 5.14. The molecule has 0 saturated heterocycles. The zero-order valence-corrected chi connectivity index (χ0v) is 17.3. The van der Waals surface area contributed by atoms with E-state index in [2.05, 4.69) is 5.32 Å². The molecule has 0 fully saturated rings. The van der Waals surface area contributed by atoms with Crippen molar-refractivity contribution in [1.82, 2.24) is 0 Å². The second-order valence-electron chi connectivity index (χ2n) is 6.09. The van der Waals surface area contributed by atoms with E-state index in [0.29, 0.717) is 28.8 Å². The molecule has 2 aromatic rings. The number of para-hydroxylation sites is 2. The summed E-state index contributed by atoms with van der Waals surface area (Å²) in [4.78, 5) is 12.8. The first-order chi connectivity index (χ1) is 12.6. The van der Waals surface area contributed by atoms with Crippen LogP contribution in [0, 0.1) is 6.92 Å². The molecule has 0 saturated carbocycles. The third-order valence-corrected chi connectivity index (χ3v) is 5.59. The average Bonchev–Trinajstić information content (AvgIpc) is 2.59. The van der Waals surface area contributed by atoms with Crippen molar-refractivity contribution in [3.63, 3.8) is 0 Å². The number of aryl methyl sites for hydroxylation is 1. The van der Waals surface area contributed by atoms with Gasteiger partial charge >= 0.3 is 0 Å². The summed E-state index contributed by atoms with van der Waals surface area (Å²) in [5.74, 6) is 0.0362. The minimum absolute atomic E-state index is 0.328. The molecule has 6 nitrogen and oxygen atoms in total. The van der Waals surface area contributed by atoms with E-state index in [0.717, 1.165) is 16.1 Å². The molecule has 2 aromatic carbocycles. The van der Waals surface area contributed by atoms with Gasteiger partial charge in [0.1, 0.15) is 11.8 Å². The Morgan fingerprint density at radius 3 is 2.52 bits per heavy atom. The van der Waals surface area contributed by atoms with Gasteiger partial charge < -0.3 is 10.1 Å². The van der Waals surface area contributed by atoms with Crippen LogP contribution in [0.25, 0.3) is 0 Å². The maximum absolute atomic E-state index is 12.8. The third-order valence-electron chi connectivity index (χ3n) is 3.94. The van der Waals surface area contributed by atoms with Crippen LogP contribution in [-0.4, -0.2) is 33.2 Å². The Kier molecular flexibility index (Phi) is 6.73. The first-order valence-corrected chi connectivity index (χ1v) is 10.7. The number of benzene rings is 2. The molecule has 0 aliphatic carbocycles. The largest absolute Gasteiger partial charge is 0.492 e. The lowest BCUT2D eigenvalue weighted by Crippen LogP contribution is -2.45. The van der Waals surface area contributed by atoms with Crippen molar-refractivity contribution in [1.29, 1.82) is 0 Å². The number of sulfonamides is 1. The van der Waals surface area contributed by atoms with Crippen LogP contribution in [0.2, 0.25) is 5.02 Å². The summed E-state index contributed by atoms with van der Waals surface area (Å²) in [6.45, 7) is 5.62. The number of hydrogen-bond donors (Lipinski definition) is 1. The lowest BCUT2D eigenvalue weighted by atomic mass is 10.2. The highest BCUT2D eigenvalue weighted by Crippen LogP contribution is 2.28. The topological polar surface area (TPSA) is 75.7 Å². The van der Waals surface area contributed by atoms with Crippen molar-refractivity contribution in [2.75, 3.05) is 22.5 Å². The van der Waals surface area contributed by atoms with E-state index in [4.69, 9.17) is 16.3 Å². The first-order valence-electron chi connectivity index (χ1n) is 8.43. The molecule has 0 spiro atoms. The Morgan fingerprint density at radius 1 is 1.26 bits per heavy atom. The Hall–Kier alpha value is -2.25. The highest BCUT2D eigenvalue weighted by atomic mass is 35.5. The summed E-state index contributed by atoms with van der Waals surface area (Å²) in [5, 5.41) is 3.17. The maximum atomic E-state index is 12.8. The molecule has 1 atom stereocenters. The Balaban J connectivity index is 2.34. The number of amides is 1. The van der Waals surface area contributed by atoms with Crippen molar-refractivity contribution >= 4 is 38.9 Å². The standard InChI is InChI=1S/C19H23ClN2O4S/c1-5-26-18-9-7-6-8-17(18)21-19(23)14(3)22(27(4,24)25)15-11-10-13(2)16(20)12-15/h6-12,14H,5H2,1-4H3,(H,21,23). The molecule has 8 heteroatoms. The highest BCUT2D eigenvalue weighted by molar-refractivity contribution is 7.92. The quantitative estimate of drug-likeness (QED) is 0.752. The molecule has 0 radical (unpaired) electrons. The van der Waals surface area contributed by atoms with Crippen LogP contribution in [0.1, 0.15) is 19.4 Å². The minimum atomic E-state index is -3.72. The summed E-state index contributed by atoms with van der Waals surface area (Å²) >= 11 is 6.14. The van der Waals surface area contributed by atoms with Gasteiger partial charge in [-0.3, -0.25) is 9.10 Å². The lowest BCUT2D eigenvalue weighted by Gasteiger charge is -2.28. The molecule has 146 valence electrons. The highest BCUT2D eigenvalue weighted by Gasteiger charge is 2.29. The van der Waals surface area contributed by atoms with E-state index in [1.165, 1.54) is 13.0 Å². The summed E-state index contributed by atoms with van der Waals surface area (Å²) in [6.07, 6.45) is 1.05. The van der Waals surface area contributed by atoms with Crippen LogP contribution in [0.15, 0.2) is 42.5 Å². The molecule has 1 N–H and O–H groups in total. The zero-order valence-electron chi connectivity index (χ0n) is 15.7. The number of nitrogens with zero attached hydrogens (tertiary/aromatic N) is 1. The number of ether oxygens (including phenoxy) is 1. The summed E-state index contributed by atoms with van der Waals surface area (Å²) in [5.41, 5.74) is 1.62. The van der Waals surface area contributed by atoms with Gasteiger partial charge in [-0.2, -0.15) is 0 Å². The molecule has 0 aliphatic heterocycles. The van der Waals surface area contributed by atoms with E-state index in [-0.39, 0.29) is 0 Å². The number of nitrogens with one attached hydrogen (secondary N) is 1. The summed E-state index contributed by atoms with van der Waals surface area (Å²) in [7, 11) is -3.72. The number of rotatable bonds is 7. The van der Waals surface area contributed by atoms with Gasteiger partial charge in [0.15, 0.2) is 0 Å². The van der Waals surface area contributed by atoms with E-state index in [1.807, 2.05) is 13.8 Å². The number of halogens is 1. The number of hydrogen-bond acceptors (Lipinski definition) is 4. The summed E-state index contributed by atoms with van der Waals surface area (Å²) < 4.78 is 31.3. The van der Waals surface area contributed by atoms with Crippen molar-refractivity contribution in [2.24, 2.45) is 0 Å². The van der Waals surface area contributed by atoms with Crippen molar-refractivity contribution in [2.45, 2.75) is 26.8 Å². The Bertz CT molecular complexity index is 931. The van der Waals surface area contributed by atoms with Crippen LogP contribution in [0.5, 0.6) is 5.75 Å². The van der Waals surface area contributed by atoms with Crippen LogP contribution >= 0.6 is 11.6 Å². The molecule has 0 bridgehead atoms. The lowest BCUT2D eigenvalue weighted by molar-refractivity contribution is -0.116. The van der Waals surface area contributed by atoms with E-state index in [9.17, 15) is 13.2 Å². The predicted octanol–water partition coefficient (Wildman–Crippen LogP) is 3.84. The second kappa shape index (κ2) is 8.63. The molecule has 0 aliphatic rings. The fourth-order valence-corrected chi connectivity index (χ4v) is 3.96. The van der Waals surface area contributed by atoms with Crippen molar-refractivity contribution in [3.8, 4) is 5.75 Å². The molecule has 1 amide bonds. The van der Waals surface area contributed by atoms with Gasteiger partial charge in [0.2, 0.25) is 15.9 Å². The van der Waals surface area contributed by atoms with E-state index >= 15 is 0 Å². The van der Waals surface area contributed by atoms with Crippen LogP contribution < -0.4 is 14.4 Å². The van der Waals surface area contributed by atoms with Crippen LogP contribution in [0.3, 0.4) is 0 Å². The monoisotopic (exact) mass is 410 g/mol. The molecule has 0 heterocycles. The fraction of sp³-hybridized carbons (Fsp3) is 0.316. The number of carbonyl (C=O) groups excluding carboxylic acids is 1. The van der Waals surface area contributed by atoms with Gasteiger partial charge in [0, 0.05) is 5.02 Å². The Morgan fingerprint density at radius 2 is 1.93 bits per heavy atom. The van der Waals surface area contributed by atoms with Gasteiger partial charge in [0.05, 0.1) is 24.2 Å². The number of carbonyl (C=O) groups is 1. The molecular formula is C19H23ClN2O4S. The zero-order chi connectivity index (χ0) is 20.2. The Labute approximate surface area is 165 Å². The minimum Gasteiger partial charge on any atom is -0.492 e. The van der Waals surface area contributed by atoms with Gasteiger partial charge in [-0.25, -0.2) is 8.42 Å². The van der Waals surface area contributed by atoms with Gasteiger partial charge in [-0.1, -0.05) is 29.8 Å². The molecule has 1 unspecified atom stereocenters. The van der Waals surface area contributed by atoms with Crippen LogP contribution in [0.4, 0.5) is 11.4 Å². The van der Waals surface area contributed by atoms with Gasteiger partial charge in [0.25, 0.3) is 0 Å². The van der Waals surface area contributed by atoms with Gasteiger partial charge in [-0.15, -0.1) is 0 Å². The van der Waals surface area contributed by atoms with Crippen LogP contribution in [-0.2, 0) is 14.8 Å². The average molecular weight is 411 g/mol. The number of anilines is 2. The fourth-order valence-electron chi connectivity index (χ4n) is 2.62. The van der Waals surface area contributed by atoms with E-state index < -0.39 is 22.0 Å². The summed E-state index contributed by atoms with van der Waals surface area (Å²) in [6, 6.07) is 10.9. The maximum Gasteiger partial charge on any atom is 0.248 e. The van der Waals surface area contributed by atoms with Crippen molar-refractivity contribution in [3.05, 3.63) is 53.1 Å². The first kappa shape index (κ1) is 21.1. The SMILES string of the molecule is CCOc1ccccc1NC(=O)C(C)N(c1ccc(C)c(Cl)c1)S(C)(=O)=O. The second-order valence-corrected chi connectivity index (χ2v) is 8.35. The smallest absolute Gasteiger partial charge is 0.248 e. The van der Waals surface area contributed by atoms with Gasteiger partial charge in [-0.05, 0) is 50.6 Å².